The van der Waals surface area contributed by atoms with Crippen LogP contribution in [-0.2, 0) is 51.0 Å². The Morgan fingerprint density at radius 3 is 0.629 bits per heavy atom. The number of hydrogen-bond donors (Lipinski definition) is 0. The van der Waals surface area contributed by atoms with E-state index in [9.17, 15) is 38.4 Å². The maximum absolute atomic E-state index is 13.8. The molecule has 0 aromatic heterocycles. The van der Waals surface area contributed by atoms with Crippen LogP contribution in [0.4, 0.5) is 0 Å². The Morgan fingerprint density at radius 1 is 0.216 bits per heavy atom. The maximum atomic E-state index is 13.8. The maximum Gasteiger partial charge on any atom is 0.343 e. The summed E-state index contributed by atoms with van der Waals surface area (Å²) in [6.07, 6.45) is 38.7. The second-order valence-electron chi connectivity index (χ2n) is 28.6. The molecule has 20 nitrogen and oxygen atoms in total. The van der Waals surface area contributed by atoms with E-state index in [2.05, 4.69) is 26.3 Å². The van der Waals surface area contributed by atoms with Gasteiger partial charge in [0.25, 0.3) is 0 Å². The molecule has 0 aliphatic heterocycles. The predicted octanol–water partition coefficient (Wildman–Crippen LogP) is 22.0. The molecule has 0 aliphatic carbocycles. The standard InChI is InChI=1S/C96H122O20/c1-5-89(97)109-69-39-29-19-9-15-25-35-65-105-81-53-45-75(46-54-81)93(101)113-85-61-63-87(115-95(103)77-49-57-83(58-50-77)107-67-37-27-17-11-21-31-41-71-111-91(99)7-3)79(73-85)43-33-23-13-14-24-34-44-80-74-86(114-94(102)76-47-55-82(56-48-76)106-66-36-26-16-10-20-30-40-70-110-90(98)6-2)62-64-88(80)116-96(104)78-51-59-84(60-52-78)108-68-38-28-18-12-22-32-42-72-112-92(100)8-4/h5-8,45-64,73-74H,1-4,9-44,65-72H2. The first-order valence-electron chi connectivity index (χ1n) is 42.0. The summed E-state index contributed by atoms with van der Waals surface area (Å²) in [5.41, 5.74) is 2.78. The first-order chi connectivity index (χ1) is 56.7. The van der Waals surface area contributed by atoms with Crippen LogP contribution in [0.15, 0.2) is 184 Å². The lowest BCUT2D eigenvalue weighted by Crippen LogP contribution is -2.11. The number of carbonyl (C=O) groups is 8. The average molecular weight is 1600 g/mol. The first-order valence-corrected chi connectivity index (χ1v) is 42.0. The lowest BCUT2D eigenvalue weighted by Gasteiger charge is -2.14. The number of benzene rings is 6. The zero-order chi connectivity index (χ0) is 82.7. The SMILES string of the molecule is C=CC(=O)OCCCCCCCCCOc1ccc(C(=O)Oc2ccc(OC(=O)c3ccc(OCCCCCCCCCOC(=O)C=C)cc3)c(CCCCCCCCc3cc(OC(=O)c4ccc(OCCCCCCCCCOC(=O)C=C)cc4)ccc3OC(=O)c3ccc(OCCCCCCCCCOC(=O)C=C)cc3)c2)cc1. The second kappa shape index (κ2) is 59.0. The van der Waals surface area contributed by atoms with Gasteiger partial charge in [-0.1, -0.05) is 180 Å². The molecule has 0 spiro atoms. The third-order valence-electron chi connectivity index (χ3n) is 19.3. The van der Waals surface area contributed by atoms with Crippen LogP contribution in [0.3, 0.4) is 0 Å². The zero-order valence-corrected chi connectivity index (χ0v) is 68.1. The highest BCUT2D eigenvalue weighted by Crippen LogP contribution is 2.32. The predicted molar refractivity (Wildman–Crippen MR) is 449 cm³/mol. The van der Waals surface area contributed by atoms with E-state index < -0.39 is 47.8 Å². The third-order valence-corrected chi connectivity index (χ3v) is 19.3. The second-order valence-corrected chi connectivity index (χ2v) is 28.6. The lowest BCUT2D eigenvalue weighted by atomic mass is 10.0. The Hall–Kier alpha value is -10.8. The average Bonchev–Trinajstić information content (AvgIpc) is 0.837. The summed E-state index contributed by atoms with van der Waals surface area (Å²) < 4.78 is 68.2. The molecule has 20 heteroatoms. The minimum Gasteiger partial charge on any atom is -0.494 e. The molecule has 0 heterocycles. The van der Waals surface area contributed by atoms with Crippen molar-refractivity contribution in [3.8, 4) is 46.0 Å². The normalized spacial score (nSPS) is 10.8. The van der Waals surface area contributed by atoms with Crippen molar-refractivity contribution in [2.24, 2.45) is 0 Å². The quantitative estimate of drug-likeness (QED) is 0.0113. The van der Waals surface area contributed by atoms with Gasteiger partial charge in [0.1, 0.15) is 46.0 Å². The molecule has 6 aromatic carbocycles. The summed E-state index contributed by atoms with van der Waals surface area (Å²) in [4.78, 5) is 99.8. The van der Waals surface area contributed by atoms with E-state index in [1.165, 1.54) is 24.3 Å². The van der Waals surface area contributed by atoms with Crippen molar-refractivity contribution in [3.63, 3.8) is 0 Å². The fourth-order valence-corrected chi connectivity index (χ4v) is 12.6. The summed E-state index contributed by atoms with van der Waals surface area (Å²) >= 11 is 0. The molecule has 116 heavy (non-hydrogen) atoms. The van der Waals surface area contributed by atoms with Gasteiger partial charge < -0.3 is 56.8 Å². The Labute approximate surface area is 687 Å². The number of esters is 8. The molecule has 0 saturated carbocycles. The van der Waals surface area contributed by atoms with E-state index in [1.807, 2.05) is 0 Å². The van der Waals surface area contributed by atoms with Crippen LogP contribution in [0.5, 0.6) is 46.0 Å². The van der Waals surface area contributed by atoms with Crippen molar-refractivity contribution >= 4 is 47.8 Å². The number of rotatable bonds is 65. The van der Waals surface area contributed by atoms with Crippen LogP contribution in [0.1, 0.15) is 271 Å². The van der Waals surface area contributed by atoms with Crippen LogP contribution in [0.2, 0.25) is 0 Å². The molecule has 626 valence electrons. The van der Waals surface area contributed by atoms with Crippen LogP contribution >= 0.6 is 0 Å². The van der Waals surface area contributed by atoms with E-state index >= 15 is 0 Å². The van der Waals surface area contributed by atoms with Gasteiger partial charge in [-0.15, -0.1) is 0 Å². The zero-order valence-electron chi connectivity index (χ0n) is 68.1. The minimum atomic E-state index is -0.552. The van der Waals surface area contributed by atoms with Gasteiger partial charge in [-0.25, -0.2) is 38.4 Å². The molecular formula is C96H122O20. The Bertz CT molecular complexity index is 3650. The highest BCUT2D eigenvalue weighted by molar-refractivity contribution is 5.94. The van der Waals surface area contributed by atoms with Crippen molar-refractivity contribution in [3.05, 3.63) is 217 Å². The molecule has 0 atom stereocenters. The fourth-order valence-electron chi connectivity index (χ4n) is 12.6. The van der Waals surface area contributed by atoms with Gasteiger partial charge in [-0.05, 0) is 222 Å². The fraction of sp³-hybridized carbons (Fsp3) is 0.458. The molecule has 0 N–H and O–H groups in total. The summed E-state index contributed by atoms with van der Waals surface area (Å²) in [7, 11) is 0. The molecule has 6 rings (SSSR count). The number of ether oxygens (including phenoxy) is 12. The van der Waals surface area contributed by atoms with E-state index in [0.717, 1.165) is 218 Å². The van der Waals surface area contributed by atoms with Crippen LogP contribution in [0, 0.1) is 0 Å². The molecule has 0 aliphatic rings. The summed E-state index contributed by atoms with van der Waals surface area (Å²) in [5, 5.41) is 0. The monoisotopic (exact) mass is 1590 g/mol. The Balaban J connectivity index is 1.02. The molecule has 0 radical (unpaired) electrons. The van der Waals surface area contributed by atoms with Crippen LogP contribution in [0.25, 0.3) is 0 Å². The van der Waals surface area contributed by atoms with E-state index in [1.54, 1.807) is 133 Å². The summed E-state index contributed by atoms with van der Waals surface area (Å²) in [6.45, 7) is 17.5. The topological polar surface area (TPSA) is 247 Å². The smallest absolute Gasteiger partial charge is 0.343 e. The Kier molecular flexibility index (Phi) is 47.9. The molecular weight excluding hydrogens is 1470 g/mol. The van der Waals surface area contributed by atoms with Gasteiger partial charge in [-0.3, -0.25) is 0 Å². The van der Waals surface area contributed by atoms with Gasteiger partial charge in [-0.2, -0.15) is 0 Å². The van der Waals surface area contributed by atoms with Gasteiger partial charge in [0.15, 0.2) is 0 Å². The summed E-state index contributed by atoms with van der Waals surface area (Å²) in [6, 6.07) is 37.6. The number of aryl methyl sites for hydroxylation is 2. The molecule has 6 aromatic rings. The van der Waals surface area contributed by atoms with Crippen molar-refractivity contribution in [1.82, 2.24) is 0 Å². The van der Waals surface area contributed by atoms with E-state index in [4.69, 9.17) is 56.8 Å². The van der Waals surface area contributed by atoms with Crippen molar-refractivity contribution in [1.29, 1.82) is 0 Å². The van der Waals surface area contributed by atoms with Crippen molar-refractivity contribution in [2.45, 2.75) is 231 Å². The molecule has 0 bridgehead atoms. The van der Waals surface area contributed by atoms with Gasteiger partial charge in [0.05, 0.1) is 75.1 Å². The van der Waals surface area contributed by atoms with Gasteiger partial charge >= 0.3 is 47.8 Å². The van der Waals surface area contributed by atoms with Gasteiger partial charge in [0.2, 0.25) is 0 Å². The van der Waals surface area contributed by atoms with Crippen molar-refractivity contribution < 1.29 is 95.2 Å². The minimum absolute atomic E-state index is 0.299. The largest absolute Gasteiger partial charge is 0.494 e. The summed E-state index contributed by atoms with van der Waals surface area (Å²) in [5.74, 6) is 0.129. The van der Waals surface area contributed by atoms with Gasteiger partial charge in [0, 0.05) is 24.3 Å². The molecule has 0 unspecified atom stereocenters. The molecule has 0 fully saturated rings. The number of hydrogen-bond acceptors (Lipinski definition) is 20. The number of carbonyl (C=O) groups excluding carboxylic acids is 8. The highest BCUT2D eigenvalue weighted by atomic mass is 16.6. The van der Waals surface area contributed by atoms with Crippen LogP contribution < -0.4 is 37.9 Å². The third kappa shape index (κ3) is 41.0. The Morgan fingerprint density at radius 2 is 0.405 bits per heavy atom. The van der Waals surface area contributed by atoms with Crippen molar-refractivity contribution in [2.75, 3.05) is 52.9 Å². The molecule has 0 saturated heterocycles. The lowest BCUT2D eigenvalue weighted by molar-refractivity contribution is -0.138. The first kappa shape index (κ1) is 94.1. The van der Waals surface area contributed by atoms with Crippen LogP contribution in [-0.4, -0.2) is 101 Å². The number of unbranched alkanes of at least 4 members (excludes halogenated alkanes) is 29. The highest BCUT2D eigenvalue weighted by Gasteiger charge is 2.19. The van der Waals surface area contributed by atoms with E-state index in [0.29, 0.717) is 145 Å². The van der Waals surface area contributed by atoms with E-state index in [-0.39, 0.29) is 0 Å². The molecule has 0 amide bonds.